The number of rotatable bonds is 6. The van der Waals surface area contributed by atoms with Crippen molar-refractivity contribution in [3.63, 3.8) is 0 Å². The fourth-order valence-electron chi connectivity index (χ4n) is 2.50. The predicted octanol–water partition coefficient (Wildman–Crippen LogP) is 1.74. The molecule has 0 aliphatic heterocycles. The molecule has 19 heavy (non-hydrogen) atoms. The summed E-state index contributed by atoms with van der Waals surface area (Å²) >= 11 is 0. The van der Waals surface area contributed by atoms with Gasteiger partial charge in [0.1, 0.15) is 17.5 Å². The number of nitrogens with zero attached hydrogens (tertiary/aromatic N) is 3. The van der Waals surface area contributed by atoms with E-state index in [1.807, 2.05) is 14.0 Å². The van der Waals surface area contributed by atoms with E-state index in [2.05, 4.69) is 27.1 Å². The van der Waals surface area contributed by atoms with Crippen LogP contribution in [0, 0.1) is 6.92 Å². The van der Waals surface area contributed by atoms with E-state index in [0.717, 1.165) is 29.4 Å². The van der Waals surface area contributed by atoms with Crippen LogP contribution < -0.4 is 10.2 Å². The van der Waals surface area contributed by atoms with Crippen LogP contribution in [-0.4, -0.2) is 41.3 Å². The SMILES string of the molecule is CCc1nc(NC)c(C)c(N(CCO)C2CCC2)n1. The lowest BCUT2D eigenvalue weighted by Crippen LogP contribution is -2.43. The molecular formula is C14H24N4O. The molecule has 1 saturated carbocycles. The molecule has 2 N–H and O–H groups in total. The highest BCUT2D eigenvalue weighted by molar-refractivity contribution is 5.59. The van der Waals surface area contributed by atoms with Gasteiger partial charge in [-0.25, -0.2) is 9.97 Å². The van der Waals surface area contributed by atoms with Crippen molar-refractivity contribution in [1.82, 2.24) is 9.97 Å². The van der Waals surface area contributed by atoms with E-state index in [1.165, 1.54) is 19.3 Å². The van der Waals surface area contributed by atoms with E-state index in [4.69, 9.17) is 0 Å². The van der Waals surface area contributed by atoms with Gasteiger partial charge in [-0.2, -0.15) is 0 Å². The maximum atomic E-state index is 9.31. The Labute approximate surface area is 115 Å². The number of aliphatic hydroxyl groups is 1. The van der Waals surface area contributed by atoms with Crippen molar-refractivity contribution in [3.05, 3.63) is 11.4 Å². The first-order valence-corrected chi connectivity index (χ1v) is 7.14. The van der Waals surface area contributed by atoms with Gasteiger partial charge in [-0.05, 0) is 26.2 Å². The maximum Gasteiger partial charge on any atom is 0.137 e. The lowest BCUT2D eigenvalue weighted by atomic mass is 9.91. The van der Waals surface area contributed by atoms with E-state index in [9.17, 15) is 5.11 Å². The second kappa shape index (κ2) is 6.19. The molecule has 0 atom stereocenters. The summed E-state index contributed by atoms with van der Waals surface area (Å²) in [6, 6.07) is 0.523. The number of nitrogens with one attached hydrogen (secondary N) is 1. The van der Waals surface area contributed by atoms with Crippen LogP contribution in [-0.2, 0) is 6.42 Å². The van der Waals surface area contributed by atoms with Gasteiger partial charge in [0.15, 0.2) is 0 Å². The van der Waals surface area contributed by atoms with E-state index < -0.39 is 0 Å². The molecule has 0 spiro atoms. The molecule has 1 aromatic rings. The van der Waals surface area contributed by atoms with Gasteiger partial charge in [-0.3, -0.25) is 0 Å². The van der Waals surface area contributed by atoms with Crippen LogP contribution in [0.15, 0.2) is 0 Å². The number of aromatic nitrogens is 2. The summed E-state index contributed by atoms with van der Waals surface area (Å²) in [5.74, 6) is 2.73. The van der Waals surface area contributed by atoms with Gasteiger partial charge in [0.25, 0.3) is 0 Å². The molecule has 1 aromatic heterocycles. The fourth-order valence-corrected chi connectivity index (χ4v) is 2.50. The topological polar surface area (TPSA) is 61.3 Å². The van der Waals surface area contributed by atoms with Gasteiger partial charge in [0.2, 0.25) is 0 Å². The molecule has 106 valence electrons. The molecular weight excluding hydrogens is 240 g/mol. The number of hydrogen-bond acceptors (Lipinski definition) is 5. The minimum atomic E-state index is 0.163. The minimum absolute atomic E-state index is 0.163. The van der Waals surface area contributed by atoms with Crippen LogP contribution in [0.5, 0.6) is 0 Å². The number of anilines is 2. The van der Waals surface area contributed by atoms with Crippen LogP contribution in [0.3, 0.4) is 0 Å². The van der Waals surface area contributed by atoms with E-state index in [1.54, 1.807) is 0 Å². The normalized spacial score (nSPS) is 15.2. The molecule has 1 aliphatic carbocycles. The molecule has 0 amide bonds. The zero-order valence-electron chi connectivity index (χ0n) is 12.1. The summed E-state index contributed by atoms with van der Waals surface area (Å²) in [6.45, 7) is 4.92. The summed E-state index contributed by atoms with van der Waals surface area (Å²) < 4.78 is 0. The first kappa shape index (κ1) is 14.1. The van der Waals surface area contributed by atoms with Crippen LogP contribution >= 0.6 is 0 Å². The number of hydrogen-bond donors (Lipinski definition) is 2. The number of aliphatic hydroxyl groups excluding tert-OH is 1. The molecule has 1 fully saturated rings. The Kier molecular flexibility index (Phi) is 4.58. The summed E-state index contributed by atoms with van der Waals surface area (Å²) in [7, 11) is 1.89. The van der Waals surface area contributed by atoms with Gasteiger partial charge in [-0.15, -0.1) is 0 Å². The maximum absolute atomic E-state index is 9.31. The number of aryl methyl sites for hydroxylation is 1. The van der Waals surface area contributed by atoms with E-state index >= 15 is 0 Å². The predicted molar refractivity (Wildman–Crippen MR) is 77.8 cm³/mol. The van der Waals surface area contributed by atoms with Gasteiger partial charge in [0.05, 0.1) is 6.61 Å². The smallest absolute Gasteiger partial charge is 0.137 e. The molecule has 1 aliphatic rings. The van der Waals surface area contributed by atoms with Gasteiger partial charge < -0.3 is 15.3 Å². The lowest BCUT2D eigenvalue weighted by Gasteiger charge is -2.39. The zero-order chi connectivity index (χ0) is 13.8. The molecule has 0 unspecified atom stereocenters. The fraction of sp³-hybridized carbons (Fsp3) is 0.714. The third kappa shape index (κ3) is 2.81. The average Bonchev–Trinajstić information content (AvgIpc) is 2.36. The van der Waals surface area contributed by atoms with Gasteiger partial charge in [0, 0.05) is 31.6 Å². The monoisotopic (exact) mass is 264 g/mol. The largest absolute Gasteiger partial charge is 0.395 e. The standard InChI is InChI=1S/C14H24N4O/c1-4-12-16-13(15-3)10(2)14(17-12)18(8-9-19)11-6-5-7-11/h11,19H,4-9H2,1-3H3,(H,15,16,17). The minimum Gasteiger partial charge on any atom is -0.395 e. The highest BCUT2D eigenvalue weighted by Crippen LogP contribution is 2.32. The average molecular weight is 264 g/mol. The highest BCUT2D eigenvalue weighted by Gasteiger charge is 2.27. The molecule has 5 nitrogen and oxygen atoms in total. The molecule has 0 saturated heterocycles. The van der Waals surface area contributed by atoms with Crippen LogP contribution in [0.1, 0.15) is 37.6 Å². The Balaban J connectivity index is 2.38. The molecule has 2 rings (SSSR count). The first-order chi connectivity index (χ1) is 9.21. The van der Waals surface area contributed by atoms with Gasteiger partial charge >= 0.3 is 0 Å². The Morgan fingerprint density at radius 2 is 2.11 bits per heavy atom. The third-order valence-corrected chi connectivity index (χ3v) is 3.85. The van der Waals surface area contributed by atoms with Crippen molar-refractivity contribution in [2.45, 2.75) is 45.6 Å². The van der Waals surface area contributed by atoms with E-state index in [0.29, 0.717) is 12.6 Å². The van der Waals surface area contributed by atoms with Gasteiger partial charge in [-0.1, -0.05) is 6.92 Å². The zero-order valence-corrected chi connectivity index (χ0v) is 12.1. The third-order valence-electron chi connectivity index (χ3n) is 3.85. The quantitative estimate of drug-likeness (QED) is 0.819. The van der Waals surface area contributed by atoms with Crippen molar-refractivity contribution in [2.75, 3.05) is 30.4 Å². The highest BCUT2D eigenvalue weighted by atomic mass is 16.3. The molecule has 0 bridgehead atoms. The van der Waals surface area contributed by atoms with Crippen LogP contribution in [0.2, 0.25) is 0 Å². The van der Waals surface area contributed by atoms with Crippen LogP contribution in [0.4, 0.5) is 11.6 Å². The Morgan fingerprint density at radius 3 is 2.58 bits per heavy atom. The Hall–Kier alpha value is -1.36. The summed E-state index contributed by atoms with van der Waals surface area (Å²) in [5.41, 5.74) is 1.07. The van der Waals surface area contributed by atoms with E-state index in [-0.39, 0.29) is 6.61 Å². The molecule has 5 heteroatoms. The summed E-state index contributed by atoms with van der Waals surface area (Å²) in [5, 5.41) is 12.5. The van der Waals surface area contributed by atoms with Crippen molar-refractivity contribution in [1.29, 1.82) is 0 Å². The Bertz CT molecular complexity index is 432. The molecule has 1 heterocycles. The van der Waals surface area contributed by atoms with Crippen molar-refractivity contribution in [3.8, 4) is 0 Å². The lowest BCUT2D eigenvalue weighted by molar-refractivity contribution is 0.282. The van der Waals surface area contributed by atoms with Crippen molar-refractivity contribution < 1.29 is 5.11 Å². The molecule has 0 radical (unpaired) electrons. The van der Waals surface area contributed by atoms with Crippen molar-refractivity contribution >= 4 is 11.6 Å². The molecule has 0 aromatic carbocycles. The van der Waals surface area contributed by atoms with Crippen molar-refractivity contribution in [2.24, 2.45) is 0 Å². The summed E-state index contributed by atoms with van der Waals surface area (Å²) in [6.07, 6.45) is 4.48. The first-order valence-electron chi connectivity index (χ1n) is 7.14. The second-order valence-corrected chi connectivity index (χ2v) is 5.04. The second-order valence-electron chi connectivity index (χ2n) is 5.04. The Morgan fingerprint density at radius 1 is 1.37 bits per heavy atom. The van der Waals surface area contributed by atoms with Crippen LogP contribution in [0.25, 0.3) is 0 Å². The summed E-state index contributed by atoms with van der Waals surface area (Å²) in [4.78, 5) is 11.4.